The molecule has 0 saturated carbocycles. The number of hydrogen-bond donors (Lipinski definition) is 2. The molecule has 8 nitrogen and oxygen atoms in total. The second kappa shape index (κ2) is 8.17. The summed E-state index contributed by atoms with van der Waals surface area (Å²) in [5.74, 6) is -2.53. The Morgan fingerprint density at radius 3 is 2.43 bits per heavy atom. The second-order valence-electron chi connectivity index (χ2n) is 5.91. The summed E-state index contributed by atoms with van der Waals surface area (Å²) >= 11 is 0. The highest BCUT2D eigenvalue weighted by atomic mass is 16.5. The summed E-state index contributed by atoms with van der Waals surface area (Å²) in [6.45, 7) is -0.563. The zero-order chi connectivity index (χ0) is 20.1. The van der Waals surface area contributed by atoms with Crippen molar-refractivity contribution in [2.24, 2.45) is 0 Å². The van der Waals surface area contributed by atoms with E-state index in [1.54, 1.807) is 42.5 Å². The Balaban J connectivity index is 1.90. The maximum Gasteiger partial charge on any atom is 0.341 e. The molecule has 0 unspecified atom stereocenters. The minimum absolute atomic E-state index is 0.00723. The van der Waals surface area contributed by atoms with Crippen molar-refractivity contribution in [1.82, 2.24) is 10.2 Å². The van der Waals surface area contributed by atoms with Crippen molar-refractivity contribution >= 4 is 29.9 Å². The van der Waals surface area contributed by atoms with Gasteiger partial charge in [0.2, 0.25) is 0 Å². The first kappa shape index (κ1) is 18.8. The molecule has 1 heterocycles. The van der Waals surface area contributed by atoms with E-state index in [1.807, 2.05) is 6.07 Å². The van der Waals surface area contributed by atoms with E-state index in [1.165, 1.54) is 12.1 Å². The van der Waals surface area contributed by atoms with Crippen LogP contribution in [0.3, 0.4) is 0 Å². The number of carboxylic acids is 1. The van der Waals surface area contributed by atoms with E-state index in [0.29, 0.717) is 5.56 Å². The van der Waals surface area contributed by atoms with E-state index in [0.717, 1.165) is 10.5 Å². The quantitative estimate of drug-likeness (QED) is 0.584. The first-order chi connectivity index (χ1) is 13.5. The lowest BCUT2D eigenvalue weighted by Gasteiger charge is -2.26. The topological polar surface area (TPSA) is 113 Å². The lowest BCUT2D eigenvalue weighted by molar-refractivity contribution is -0.139. The highest BCUT2D eigenvalue weighted by molar-refractivity contribution is 6.31. The van der Waals surface area contributed by atoms with Crippen molar-refractivity contribution < 1.29 is 29.0 Å². The summed E-state index contributed by atoms with van der Waals surface area (Å²) in [4.78, 5) is 48.8. The van der Waals surface area contributed by atoms with Crippen LogP contribution < -0.4 is 10.1 Å². The third kappa shape index (κ3) is 4.24. The van der Waals surface area contributed by atoms with Crippen LogP contribution in [0.4, 0.5) is 4.79 Å². The number of carbonyl (C=O) groups is 4. The summed E-state index contributed by atoms with van der Waals surface area (Å²) in [7, 11) is 0. The van der Waals surface area contributed by atoms with Crippen LogP contribution in [0.15, 0.2) is 60.2 Å². The minimum atomic E-state index is -1.16. The third-order valence-electron chi connectivity index (χ3n) is 3.94. The van der Waals surface area contributed by atoms with Crippen LogP contribution in [0.5, 0.6) is 5.75 Å². The van der Waals surface area contributed by atoms with Crippen molar-refractivity contribution in [2.75, 3.05) is 6.61 Å². The number of para-hydroxylation sites is 1. The number of hydrogen-bond acceptors (Lipinski definition) is 5. The Labute approximate surface area is 160 Å². The van der Waals surface area contributed by atoms with Crippen LogP contribution in [0.25, 0.3) is 6.08 Å². The zero-order valence-electron chi connectivity index (χ0n) is 14.6. The van der Waals surface area contributed by atoms with Gasteiger partial charge in [0.1, 0.15) is 11.3 Å². The Kier molecular flexibility index (Phi) is 5.50. The molecule has 1 saturated heterocycles. The van der Waals surface area contributed by atoms with Gasteiger partial charge in [-0.05, 0) is 17.7 Å². The molecule has 2 N–H and O–H groups in total. The van der Waals surface area contributed by atoms with Crippen LogP contribution in [0.1, 0.15) is 11.1 Å². The van der Waals surface area contributed by atoms with Gasteiger partial charge in [0, 0.05) is 5.56 Å². The van der Waals surface area contributed by atoms with E-state index in [4.69, 9.17) is 9.84 Å². The van der Waals surface area contributed by atoms with Gasteiger partial charge in [-0.2, -0.15) is 0 Å². The van der Waals surface area contributed by atoms with Gasteiger partial charge in [0.05, 0.1) is 6.54 Å². The van der Waals surface area contributed by atoms with E-state index in [2.05, 4.69) is 5.32 Å². The van der Waals surface area contributed by atoms with E-state index in [-0.39, 0.29) is 17.9 Å². The standard InChI is InChI=1S/C20H16N2O6/c23-17(24)12-28-16-9-5-4-8-14(16)10-15-18(25)21-20(27)22(19(15)26)11-13-6-2-1-3-7-13/h1-10H,11-12H2,(H,23,24)(H,21,25,27)/b15-10+. The first-order valence-electron chi connectivity index (χ1n) is 8.32. The summed E-state index contributed by atoms with van der Waals surface area (Å²) < 4.78 is 5.19. The van der Waals surface area contributed by atoms with Crippen LogP contribution in [-0.2, 0) is 20.9 Å². The predicted octanol–water partition coefficient (Wildman–Crippen LogP) is 1.81. The molecule has 3 rings (SSSR count). The van der Waals surface area contributed by atoms with Gasteiger partial charge in [-0.3, -0.25) is 19.8 Å². The fraction of sp³-hybridized carbons (Fsp3) is 0.100. The molecule has 0 atom stereocenters. The molecule has 0 aliphatic carbocycles. The number of amides is 4. The largest absolute Gasteiger partial charge is 0.481 e. The number of carbonyl (C=O) groups excluding carboxylic acids is 3. The number of urea groups is 1. The van der Waals surface area contributed by atoms with Crippen molar-refractivity contribution in [1.29, 1.82) is 0 Å². The van der Waals surface area contributed by atoms with Crippen molar-refractivity contribution in [2.45, 2.75) is 6.54 Å². The summed E-state index contributed by atoms with van der Waals surface area (Å²) in [6, 6.07) is 14.5. The molecule has 1 fully saturated rings. The van der Waals surface area contributed by atoms with Crippen molar-refractivity contribution in [3.63, 3.8) is 0 Å². The molecule has 0 spiro atoms. The van der Waals surface area contributed by atoms with E-state index >= 15 is 0 Å². The number of benzene rings is 2. The molecule has 0 aromatic heterocycles. The number of nitrogens with one attached hydrogen (secondary N) is 1. The molecule has 142 valence electrons. The Bertz CT molecular complexity index is 968. The average Bonchev–Trinajstić information content (AvgIpc) is 2.68. The summed E-state index contributed by atoms with van der Waals surface area (Å²) in [5, 5.41) is 10.9. The number of rotatable bonds is 6. The molecule has 1 aliphatic rings. The lowest BCUT2D eigenvalue weighted by atomic mass is 10.1. The van der Waals surface area contributed by atoms with Crippen molar-refractivity contribution in [3.05, 3.63) is 71.3 Å². The van der Waals surface area contributed by atoms with Gasteiger partial charge in [0.25, 0.3) is 11.8 Å². The highest BCUT2D eigenvalue weighted by Gasteiger charge is 2.35. The minimum Gasteiger partial charge on any atom is -0.481 e. The summed E-state index contributed by atoms with van der Waals surface area (Å²) in [6.07, 6.45) is 1.28. The Morgan fingerprint density at radius 2 is 1.71 bits per heavy atom. The van der Waals surface area contributed by atoms with Crippen LogP contribution in [0, 0.1) is 0 Å². The van der Waals surface area contributed by atoms with Gasteiger partial charge in [-0.25, -0.2) is 9.59 Å². The molecule has 28 heavy (non-hydrogen) atoms. The number of barbiturate groups is 1. The molecule has 1 aliphatic heterocycles. The zero-order valence-corrected chi connectivity index (χ0v) is 14.6. The third-order valence-corrected chi connectivity index (χ3v) is 3.94. The lowest BCUT2D eigenvalue weighted by Crippen LogP contribution is -2.53. The maximum absolute atomic E-state index is 12.8. The smallest absolute Gasteiger partial charge is 0.341 e. The number of carboxylic acid groups (broad SMARTS) is 1. The second-order valence-corrected chi connectivity index (χ2v) is 5.91. The molecule has 2 aromatic carbocycles. The molecule has 2 aromatic rings. The van der Waals surface area contributed by atoms with Gasteiger partial charge in [-0.1, -0.05) is 48.5 Å². The van der Waals surface area contributed by atoms with Gasteiger partial charge in [-0.15, -0.1) is 0 Å². The number of aliphatic carboxylic acids is 1. The molecule has 8 heteroatoms. The Hall–Kier alpha value is -3.94. The normalized spacial score (nSPS) is 15.5. The van der Waals surface area contributed by atoms with E-state index in [9.17, 15) is 19.2 Å². The number of imide groups is 2. The van der Waals surface area contributed by atoms with E-state index < -0.39 is 30.4 Å². The molecule has 0 bridgehead atoms. The maximum atomic E-state index is 12.8. The highest BCUT2D eigenvalue weighted by Crippen LogP contribution is 2.23. The summed E-state index contributed by atoms with van der Waals surface area (Å²) in [5.41, 5.74) is 0.822. The number of nitrogens with zero attached hydrogens (tertiary/aromatic N) is 1. The predicted molar refractivity (Wildman–Crippen MR) is 98.1 cm³/mol. The molecule has 4 amide bonds. The molecular weight excluding hydrogens is 364 g/mol. The SMILES string of the molecule is O=C(O)COc1ccccc1/C=C1\C(=O)NC(=O)N(Cc2ccccc2)C1=O. The molecule has 0 radical (unpaired) electrons. The van der Waals surface area contributed by atoms with Crippen molar-refractivity contribution in [3.8, 4) is 5.75 Å². The molecular formula is C20H16N2O6. The van der Waals surface area contributed by atoms with Crippen LogP contribution >= 0.6 is 0 Å². The van der Waals surface area contributed by atoms with Gasteiger partial charge in [0.15, 0.2) is 6.61 Å². The fourth-order valence-electron chi connectivity index (χ4n) is 2.63. The monoisotopic (exact) mass is 380 g/mol. The average molecular weight is 380 g/mol. The van der Waals surface area contributed by atoms with Crippen LogP contribution in [0.2, 0.25) is 0 Å². The van der Waals surface area contributed by atoms with Gasteiger partial charge >= 0.3 is 12.0 Å². The number of ether oxygens (including phenoxy) is 1. The fourth-order valence-corrected chi connectivity index (χ4v) is 2.63. The first-order valence-corrected chi connectivity index (χ1v) is 8.32. The van der Waals surface area contributed by atoms with Gasteiger partial charge < -0.3 is 9.84 Å². The van der Waals surface area contributed by atoms with Crippen LogP contribution in [-0.4, -0.2) is 40.4 Å². The Morgan fingerprint density at radius 1 is 1.04 bits per heavy atom.